The van der Waals surface area contributed by atoms with Crippen molar-refractivity contribution >= 4 is 5.91 Å². The number of carbonyl (C=O) groups excluding carboxylic acids is 1. The average molecular weight is 173 g/mol. The predicted molar refractivity (Wildman–Crippen MR) is 49.6 cm³/mol. The second-order valence-electron chi connectivity index (χ2n) is 2.74. The summed E-state index contributed by atoms with van der Waals surface area (Å²) in [6, 6.07) is 0. The maximum absolute atomic E-state index is 10.9. The van der Waals surface area contributed by atoms with Crippen LogP contribution in [0.2, 0.25) is 0 Å². The third-order valence-electron chi connectivity index (χ3n) is 1.57. The standard InChI is InChI=1S/C8H19N3O/c9-5-2-1-3-7-11-8(12)4-6-10/h1-7,9-10H2,(H,11,12). The molecule has 0 spiro atoms. The van der Waals surface area contributed by atoms with Crippen molar-refractivity contribution in [3.05, 3.63) is 0 Å². The minimum atomic E-state index is 0.0465. The number of hydrogen-bond donors (Lipinski definition) is 3. The van der Waals surface area contributed by atoms with Crippen LogP contribution >= 0.6 is 0 Å². The van der Waals surface area contributed by atoms with Gasteiger partial charge in [0.15, 0.2) is 0 Å². The van der Waals surface area contributed by atoms with Crippen molar-refractivity contribution < 1.29 is 4.79 Å². The molecule has 0 aromatic carbocycles. The van der Waals surface area contributed by atoms with Crippen molar-refractivity contribution in [2.75, 3.05) is 19.6 Å². The van der Waals surface area contributed by atoms with Gasteiger partial charge < -0.3 is 16.8 Å². The Morgan fingerprint density at radius 3 is 2.42 bits per heavy atom. The molecule has 12 heavy (non-hydrogen) atoms. The van der Waals surface area contributed by atoms with Crippen LogP contribution in [0.15, 0.2) is 0 Å². The van der Waals surface area contributed by atoms with Crippen LogP contribution in [0.4, 0.5) is 0 Å². The Balaban J connectivity index is 3.03. The number of carbonyl (C=O) groups is 1. The summed E-state index contributed by atoms with van der Waals surface area (Å²) in [5.74, 6) is 0.0465. The van der Waals surface area contributed by atoms with Crippen molar-refractivity contribution in [3.63, 3.8) is 0 Å². The lowest BCUT2D eigenvalue weighted by molar-refractivity contribution is -0.120. The Morgan fingerprint density at radius 1 is 1.08 bits per heavy atom. The van der Waals surface area contributed by atoms with Gasteiger partial charge in [-0.1, -0.05) is 6.42 Å². The zero-order valence-corrected chi connectivity index (χ0v) is 7.51. The van der Waals surface area contributed by atoms with Gasteiger partial charge in [-0.2, -0.15) is 0 Å². The number of nitrogens with two attached hydrogens (primary N) is 2. The molecule has 0 aromatic heterocycles. The average Bonchev–Trinajstić information content (AvgIpc) is 2.05. The molecule has 0 aliphatic heterocycles. The first-order chi connectivity index (χ1) is 5.81. The van der Waals surface area contributed by atoms with Crippen LogP contribution in [0.25, 0.3) is 0 Å². The van der Waals surface area contributed by atoms with Crippen molar-refractivity contribution in [1.29, 1.82) is 0 Å². The van der Waals surface area contributed by atoms with Crippen LogP contribution in [0.1, 0.15) is 25.7 Å². The van der Waals surface area contributed by atoms with E-state index in [1.54, 1.807) is 0 Å². The molecule has 1 amide bonds. The van der Waals surface area contributed by atoms with Crippen LogP contribution in [-0.4, -0.2) is 25.5 Å². The van der Waals surface area contributed by atoms with E-state index in [0.29, 0.717) is 13.0 Å². The fourth-order valence-corrected chi connectivity index (χ4v) is 0.893. The molecule has 72 valence electrons. The molecule has 0 aliphatic rings. The van der Waals surface area contributed by atoms with E-state index in [-0.39, 0.29) is 5.91 Å². The van der Waals surface area contributed by atoms with Crippen LogP contribution in [-0.2, 0) is 4.79 Å². The van der Waals surface area contributed by atoms with E-state index in [1.165, 1.54) is 0 Å². The normalized spacial score (nSPS) is 9.83. The number of rotatable bonds is 7. The zero-order valence-electron chi connectivity index (χ0n) is 7.51. The Kier molecular flexibility index (Phi) is 8.05. The van der Waals surface area contributed by atoms with Crippen LogP contribution in [0.5, 0.6) is 0 Å². The zero-order chi connectivity index (χ0) is 9.23. The fourth-order valence-electron chi connectivity index (χ4n) is 0.893. The molecular formula is C8H19N3O. The third kappa shape index (κ3) is 7.50. The minimum Gasteiger partial charge on any atom is -0.356 e. The Bertz CT molecular complexity index is 117. The first kappa shape index (κ1) is 11.4. The quantitative estimate of drug-likeness (QED) is 0.457. The summed E-state index contributed by atoms with van der Waals surface area (Å²) in [7, 11) is 0. The number of hydrogen-bond acceptors (Lipinski definition) is 3. The molecule has 5 N–H and O–H groups in total. The van der Waals surface area contributed by atoms with Gasteiger partial charge in [-0.3, -0.25) is 4.79 Å². The first-order valence-corrected chi connectivity index (χ1v) is 4.48. The van der Waals surface area contributed by atoms with E-state index in [4.69, 9.17) is 11.5 Å². The van der Waals surface area contributed by atoms with Crippen LogP contribution in [0, 0.1) is 0 Å². The molecule has 4 nitrogen and oxygen atoms in total. The summed E-state index contributed by atoms with van der Waals surface area (Å²) in [6.07, 6.45) is 3.55. The lowest BCUT2D eigenvalue weighted by Crippen LogP contribution is -2.26. The molecule has 4 heteroatoms. The smallest absolute Gasteiger partial charge is 0.221 e. The number of nitrogens with one attached hydrogen (secondary N) is 1. The lowest BCUT2D eigenvalue weighted by atomic mass is 10.2. The Morgan fingerprint density at radius 2 is 1.83 bits per heavy atom. The van der Waals surface area contributed by atoms with E-state index >= 15 is 0 Å². The van der Waals surface area contributed by atoms with Crippen molar-refractivity contribution in [2.45, 2.75) is 25.7 Å². The van der Waals surface area contributed by atoms with Gasteiger partial charge in [-0.25, -0.2) is 0 Å². The Labute approximate surface area is 73.7 Å². The van der Waals surface area contributed by atoms with Crippen molar-refractivity contribution in [1.82, 2.24) is 5.32 Å². The van der Waals surface area contributed by atoms with Crippen molar-refractivity contribution in [3.8, 4) is 0 Å². The topological polar surface area (TPSA) is 81.1 Å². The van der Waals surface area contributed by atoms with Crippen LogP contribution in [0.3, 0.4) is 0 Å². The van der Waals surface area contributed by atoms with Crippen LogP contribution < -0.4 is 16.8 Å². The summed E-state index contributed by atoms with van der Waals surface area (Å²) >= 11 is 0. The summed E-state index contributed by atoms with van der Waals surface area (Å²) in [6.45, 7) is 1.91. The van der Waals surface area contributed by atoms with E-state index in [2.05, 4.69) is 5.32 Å². The molecule has 0 saturated carbocycles. The summed E-state index contributed by atoms with van der Waals surface area (Å²) in [5.41, 5.74) is 10.5. The molecule has 0 aromatic rings. The van der Waals surface area contributed by atoms with E-state index in [0.717, 1.165) is 32.4 Å². The van der Waals surface area contributed by atoms with Gasteiger partial charge >= 0.3 is 0 Å². The maximum atomic E-state index is 10.9. The summed E-state index contributed by atoms with van der Waals surface area (Å²) in [4.78, 5) is 10.9. The highest BCUT2D eigenvalue weighted by atomic mass is 16.1. The Hall–Kier alpha value is -0.610. The fraction of sp³-hybridized carbons (Fsp3) is 0.875. The van der Waals surface area contributed by atoms with E-state index < -0.39 is 0 Å². The van der Waals surface area contributed by atoms with Gasteiger partial charge in [0.05, 0.1) is 0 Å². The second kappa shape index (κ2) is 8.49. The van der Waals surface area contributed by atoms with Gasteiger partial charge in [-0.05, 0) is 19.4 Å². The number of unbranched alkanes of at least 4 members (excludes halogenated alkanes) is 2. The van der Waals surface area contributed by atoms with Gasteiger partial charge in [0.25, 0.3) is 0 Å². The third-order valence-corrected chi connectivity index (χ3v) is 1.57. The summed E-state index contributed by atoms with van der Waals surface area (Å²) in [5, 5.41) is 2.78. The second-order valence-corrected chi connectivity index (χ2v) is 2.74. The largest absolute Gasteiger partial charge is 0.356 e. The molecule has 0 saturated heterocycles. The van der Waals surface area contributed by atoms with Gasteiger partial charge in [0.1, 0.15) is 0 Å². The molecule has 0 unspecified atom stereocenters. The van der Waals surface area contributed by atoms with E-state index in [9.17, 15) is 4.79 Å². The molecule has 0 fully saturated rings. The molecule has 0 atom stereocenters. The van der Waals surface area contributed by atoms with E-state index in [1.807, 2.05) is 0 Å². The molecular weight excluding hydrogens is 154 g/mol. The minimum absolute atomic E-state index is 0.0465. The summed E-state index contributed by atoms with van der Waals surface area (Å²) < 4.78 is 0. The van der Waals surface area contributed by atoms with Gasteiger partial charge in [0.2, 0.25) is 5.91 Å². The highest BCUT2D eigenvalue weighted by molar-refractivity contribution is 5.75. The SMILES string of the molecule is NCCCCCNC(=O)CCN. The predicted octanol–water partition coefficient (Wildman–Crippen LogP) is -0.420. The number of amides is 1. The highest BCUT2D eigenvalue weighted by Crippen LogP contribution is 1.90. The highest BCUT2D eigenvalue weighted by Gasteiger charge is 1.96. The van der Waals surface area contributed by atoms with Crippen molar-refractivity contribution in [2.24, 2.45) is 11.5 Å². The van der Waals surface area contributed by atoms with Gasteiger partial charge in [0, 0.05) is 19.5 Å². The molecule has 0 bridgehead atoms. The molecule has 0 radical (unpaired) electrons. The van der Waals surface area contributed by atoms with Gasteiger partial charge in [-0.15, -0.1) is 0 Å². The lowest BCUT2D eigenvalue weighted by Gasteiger charge is -2.02. The molecule has 0 heterocycles. The monoisotopic (exact) mass is 173 g/mol. The first-order valence-electron chi connectivity index (χ1n) is 4.48. The maximum Gasteiger partial charge on any atom is 0.221 e. The molecule has 0 rings (SSSR count). The molecule has 0 aliphatic carbocycles.